The van der Waals surface area contributed by atoms with Gasteiger partial charge in [-0.05, 0) is 29.2 Å². The maximum atomic E-state index is 11.4. The first-order valence-corrected chi connectivity index (χ1v) is 9.29. The number of imidazole rings is 1. The van der Waals surface area contributed by atoms with E-state index in [1.54, 1.807) is 18.2 Å². The minimum Gasteiger partial charge on any atom is -0.478 e. The van der Waals surface area contributed by atoms with Gasteiger partial charge in [-0.15, -0.1) is 0 Å². The Morgan fingerprint density at radius 1 is 1.04 bits per heavy atom. The fraction of sp³-hybridized carbons (Fsp3) is 0.273. The van der Waals surface area contributed by atoms with Gasteiger partial charge in [0.1, 0.15) is 5.82 Å². The third-order valence-electron chi connectivity index (χ3n) is 4.77. The number of carbonyl (C=O) groups is 1. The standard InChI is InChI=1S/C22H24N2O4/c1-2-5-21-23-19(13-25)20(14-26)24(21)12-15-8-10-16(11-9-15)17-6-3-4-7-18(17)22(27)28/h3-4,6-11,25-26H,2,5,12-14H2,1H3,(H,27,28). The van der Waals surface area contributed by atoms with Crippen molar-refractivity contribution >= 4 is 5.97 Å². The lowest BCUT2D eigenvalue weighted by Crippen LogP contribution is -2.09. The summed E-state index contributed by atoms with van der Waals surface area (Å²) in [5.74, 6) is -0.109. The Labute approximate surface area is 163 Å². The van der Waals surface area contributed by atoms with Gasteiger partial charge in [0.05, 0.1) is 30.2 Å². The molecule has 0 spiro atoms. The summed E-state index contributed by atoms with van der Waals surface area (Å²) in [6.07, 6.45) is 1.68. The smallest absolute Gasteiger partial charge is 0.336 e. The van der Waals surface area contributed by atoms with E-state index in [4.69, 9.17) is 0 Å². The van der Waals surface area contributed by atoms with Gasteiger partial charge in [0.2, 0.25) is 0 Å². The average molecular weight is 380 g/mol. The molecule has 0 bridgehead atoms. The van der Waals surface area contributed by atoms with E-state index in [1.165, 1.54) is 0 Å². The van der Waals surface area contributed by atoms with E-state index in [0.717, 1.165) is 29.8 Å². The number of aromatic nitrogens is 2. The number of carboxylic acids is 1. The molecule has 6 nitrogen and oxygen atoms in total. The Kier molecular flexibility index (Phi) is 6.23. The van der Waals surface area contributed by atoms with E-state index in [9.17, 15) is 20.1 Å². The van der Waals surface area contributed by atoms with Crippen LogP contribution in [-0.4, -0.2) is 30.8 Å². The molecule has 0 aliphatic rings. The molecular formula is C22H24N2O4. The van der Waals surface area contributed by atoms with Crippen molar-refractivity contribution < 1.29 is 20.1 Å². The Morgan fingerprint density at radius 3 is 2.36 bits per heavy atom. The van der Waals surface area contributed by atoms with E-state index in [-0.39, 0.29) is 18.8 Å². The van der Waals surface area contributed by atoms with E-state index >= 15 is 0 Å². The topological polar surface area (TPSA) is 95.6 Å². The van der Waals surface area contributed by atoms with Crippen LogP contribution in [0.4, 0.5) is 0 Å². The molecule has 0 atom stereocenters. The number of rotatable bonds is 8. The monoisotopic (exact) mass is 380 g/mol. The first kappa shape index (κ1) is 19.8. The highest BCUT2D eigenvalue weighted by Gasteiger charge is 2.16. The summed E-state index contributed by atoms with van der Waals surface area (Å²) >= 11 is 0. The van der Waals surface area contributed by atoms with Gasteiger partial charge in [0.15, 0.2) is 0 Å². The molecule has 146 valence electrons. The van der Waals surface area contributed by atoms with Gasteiger partial charge >= 0.3 is 5.97 Å². The van der Waals surface area contributed by atoms with E-state index in [2.05, 4.69) is 11.9 Å². The molecule has 0 aliphatic carbocycles. The third-order valence-corrected chi connectivity index (χ3v) is 4.77. The van der Waals surface area contributed by atoms with Crippen molar-refractivity contribution in [3.8, 4) is 11.1 Å². The van der Waals surface area contributed by atoms with Gasteiger partial charge in [-0.2, -0.15) is 0 Å². The molecule has 3 N–H and O–H groups in total. The van der Waals surface area contributed by atoms with Crippen molar-refractivity contribution in [1.29, 1.82) is 0 Å². The number of nitrogens with zero attached hydrogens (tertiary/aromatic N) is 2. The summed E-state index contributed by atoms with van der Waals surface area (Å²) in [5, 5.41) is 28.6. The molecule has 0 saturated carbocycles. The van der Waals surface area contributed by atoms with Crippen LogP contribution in [0.3, 0.4) is 0 Å². The molecule has 0 radical (unpaired) electrons. The number of aliphatic hydroxyl groups excluding tert-OH is 2. The largest absolute Gasteiger partial charge is 0.478 e. The van der Waals surface area contributed by atoms with E-state index in [0.29, 0.717) is 23.5 Å². The maximum absolute atomic E-state index is 11.4. The number of aromatic carboxylic acids is 1. The Balaban J connectivity index is 1.92. The fourth-order valence-electron chi connectivity index (χ4n) is 3.39. The van der Waals surface area contributed by atoms with Gasteiger partial charge in [-0.3, -0.25) is 0 Å². The van der Waals surface area contributed by atoms with Crippen molar-refractivity contribution in [2.24, 2.45) is 0 Å². The predicted molar refractivity (Wildman–Crippen MR) is 106 cm³/mol. The zero-order valence-corrected chi connectivity index (χ0v) is 15.8. The van der Waals surface area contributed by atoms with Crippen LogP contribution in [0.1, 0.15) is 46.5 Å². The number of aliphatic hydroxyl groups is 2. The molecule has 0 amide bonds. The molecule has 6 heteroatoms. The van der Waals surface area contributed by atoms with Crippen LogP contribution in [0.25, 0.3) is 11.1 Å². The van der Waals surface area contributed by atoms with Gasteiger partial charge in [-0.25, -0.2) is 9.78 Å². The zero-order valence-electron chi connectivity index (χ0n) is 15.8. The molecule has 28 heavy (non-hydrogen) atoms. The number of benzene rings is 2. The summed E-state index contributed by atoms with van der Waals surface area (Å²) in [6.45, 7) is 2.20. The van der Waals surface area contributed by atoms with Gasteiger partial charge in [0, 0.05) is 13.0 Å². The highest BCUT2D eigenvalue weighted by molar-refractivity contribution is 5.95. The van der Waals surface area contributed by atoms with Crippen molar-refractivity contribution in [1.82, 2.24) is 9.55 Å². The Morgan fingerprint density at radius 2 is 1.75 bits per heavy atom. The average Bonchev–Trinajstić information content (AvgIpc) is 3.05. The number of hydrogen-bond donors (Lipinski definition) is 3. The SMILES string of the molecule is CCCc1nc(CO)c(CO)n1Cc1ccc(-c2ccccc2C(=O)O)cc1. The second-order valence-electron chi connectivity index (χ2n) is 6.62. The van der Waals surface area contributed by atoms with Crippen LogP contribution in [0, 0.1) is 0 Å². The summed E-state index contributed by atoms with van der Waals surface area (Å²) in [5.41, 5.74) is 3.93. The fourth-order valence-corrected chi connectivity index (χ4v) is 3.39. The molecule has 0 fully saturated rings. The van der Waals surface area contributed by atoms with Crippen molar-refractivity contribution in [2.45, 2.75) is 39.5 Å². The minimum absolute atomic E-state index is 0.184. The second-order valence-corrected chi connectivity index (χ2v) is 6.62. The van der Waals surface area contributed by atoms with Crippen LogP contribution in [0.2, 0.25) is 0 Å². The lowest BCUT2D eigenvalue weighted by Gasteiger charge is -2.12. The number of hydrogen-bond acceptors (Lipinski definition) is 4. The molecule has 0 saturated heterocycles. The Bertz CT molecular complexity index is 961. The molecule has 1 heterocycles. The normalized spacial score (nSPS) is 11.0. The Hall–Kier alpha value is -2.96. The van der Waals surface area contributed by atoms with Crippen LogP contribution >= 0.6 is 0 Å². The zero-order chi connectivity index (χ0) is 20.1. The highest BCUT2D eigenvalue weighted by atomic mass is 16.4. The van der Waals surface area contributed by atoms with Gasteiger partial charge < -0.3 is 19.9 Å². The van der Waals surface area contributed by atoms with Crippen molar-refractivity contribution in [2.75, 3.05) is 0 Å². The molecule has 0 unspecified atom stereocenters. The predicted octanol–water partition coefficient (Wildman–Crippen LogP) is 3.23. The van der Waals surface area contributed by atoms with Crippen LogP contribution in [0.5, 0.6) is 0 Å². The minimum atomic E-state index is -0.952. The first-order chi connectivity index (χ1) is 13.6. The van der Waals surface area contributed by atoms with Gasteiger partial charge in [0.25, 0.3) is 0 Å². The summed E-state index contributed by atoms with van der Waals surface area (Å²) in [4.78, 5) is 15.9. The lowest BCUT2D eigenvalue weighted by atomic mass is 9.99. The molecule has 3 aromatic rings. The van der Waals surface area contributed by atoms with Crippen molar-refractivity contribution in [3.05, 3.63) is 76.9 Å². The molecule has 2 aromatic carbocycles. The third kappa shape index (κ3) is 3.98. The molecule has 0 aliphatic heterocycles. The second kappa shape index (κ2) is 8.82. The van der Waals surface area contributed by atoms with E-state index in [1.807, 2.05) is 34.9 Å². The van der Waals surface area contributed by atoms with Crippen molar-refractivity contribution in [3.63, 3.8) is 0 Å². The maximum Gasteiger partial charge on any atom is 0.336 e. The lowest BCUT2D eigenvalue weighted by molar-refractivity contribution is 0.0697. The molecular weight excluding hydrogens is 356 g/mol. The van der Waals surface area contributed by atoms with E-state index < -0.39 is 5.97 Å². The summed E-state index contributed by atoms with van der Waals surface area (Å²) < 4.78 is 1.95. The molecule has 1 aromatic heterocycles. The number of carboxylic acid groups (broad SMARTS) is 1. The highest BCUT2D eigenvalue weighted by Crippen LogP contribution is 2.25. The summed E-state index contributed by atoms with van der Waals surface area (Å²) in [7, 11) is 0. The summed E-state index contributed by atoms with van der Waals surface area (Å²) in [6, 6.07) is 14.6. The molecule has 3 rings (SSSR count). The first-order valence-electron chi connectivity index (χ1n) is 9.29. The van der Waals surface area contributed by atoms with Gasteiger partial charge in [-0.1, -0.05) is 49.4 Å². The van der Waals surface area contributed by atoms with Crippen LogP contribution in [-0.2, 0) is 26.2 Å². The van der Waals surface area contributed by atoms with Crippen LogP contribution < -0.4 is 0 Å². The number of aryl methyl sites for hydroxylation is 1. The quantitative estimate of drug-likeness (QED) is 0.558. The van der Waals surface area contributed by atoms with Crippen LogP contribution in [0.15, 0.2) is 48.5 Å².